The summed E-state index contributed by atoms with van der Waals surface area (Å²) in [5, 5.41) is 0. The molecule has 52 heavy (non-hydrogen) atoms. The molecule has 4 unspecified atom stereocenters. The van der Waals surface area contributed by atoms with Crippen molar-refractivity contribution < 1.29 is 0 Å². The van der Waals surface area contributed by atoms with Crippen LogP contribution in [0, 0.1) is 35.5 Å². The molecule has 2 heteroatoms. The summed E-state index contributed by atoms with van der Waals surface area (Å²) in [4.78, 5) is 0. The Morgan fingerprint density at radius 2 is 0.442 bits per heavy atom. The van der Waals surface area contributed by atoms with Gasteiger partial charge in [-0.05, 0) is 68.8 Å². The van der Waals surface area contributed by atoms with E-state index in [4.69, 9.17) is 0 Å². The van der Waals surface area contributed by atoms with Crippen LogP contribution < -0.4 is 0 Å². The first-order chi connectivity index (χ1) is 25.5. The Balaban J connectivity index is 1.19. The van der Waals surface area contributed by atoms with Crippen molar-refractivity contribution in [3.8, 4) is 0 Å². The Hall–Kier alpha value is -0.0862. The third-order valence-electron chi connectivity index (χ3n) is 19.2. The number of hydrogen-bond donors (Lipinski definition) is 0. The van der Waals surface area contributed by atoms with Gasteiger partial charge in [-0.1, -0.05) is 244 Å². The quantitative estimate of drug-likeness (QED) is 0.195. The Kier molecular flexibility index (Phi) is 14.6. The first kappa shape index (κ1) is 40.1. The largest absolute Gasteiger partial charge is 0.0970 e. The average Bonchev–Trinajstić information content (AvgIpc) is 3.22. The Bertz CT molecular complexity index is 906. The van der Waals surface area contributed by atoms with Gasteiger partial charge in [-0.25, -0.2) is 0 Å². The van der Waals surface area contributed by atoms with Crippen LogP contribution in [0.1, 0.15) is 220 Å². The molecule has 0 radical (unpaired) electrons. The van der Waals surface area contributed by atoms with Gasteiger partial charge in [-0.2, -0.15) is 0 Å². The van der Waals surface area contributed by atoms with E-state index in [2.05, 4.69) is 51.2 Å². The molecule has 0 nitrogen and oxygen atoms in total. The molecule has 0 aliphatic heterocycles. The van der Waals surface area contributed by atoms with Gasteiger partial charge in [0.25, 0.3) is 0 Å². The highest BCUT2D eigenvalue weighted by atomic mass is 28.3. The lowest BCUT2D eigenvalue weighted by Gasteiger charge is -2.53. The predicted molar refractivity (Wildman–Crippen MR) is 234 cm³/mol. The first-order valence-corrected chi connectivity index (χ1v) is 29.5. The third-order valence-corrected chi connectivity index (χ3v) is 32.7. The number of rotatable bonds is 10. The highest BCUT2D eigenvalue weighted by Crippen LogP contribution is 2.60. The van der Waals surface area contributed by atoms with E-state index in [1.807, 2.05) is 0 Å². The molecule has 7 fully saturated rings. The van der Waals surface area contributed by atoms with Gasteiger partial charge in [-0.15, -0.1) is 0 Å². The van der Waals surface area contributed by atoms with Crippen LogP contribution in [0.4, 0.5) is 0 Å². The van der Waals surface area contributed by atoms with Crippen LogP contribution in [0.2, 0.25) is 33.2 Å². The summed E-state index contributed by atoms with van der Waals surface area (Å²) in [5.41, 5.74) is 13.0. The van der Waals surface area contributed by atoms with Gasteiger partial charge in [0.05, 0.1) is 16.1 Å². The molecule has 0 aromatic heterocycles. The van der Waals surface area contributed by atoms with Gasteiger partial charge in [0, 0.05) is 0 Å². The lowest BCUT2D eigenvalue weighted by Crippen LogP contribution is -2.50. The Morgan fingerprint density at radius 3 is 0.615 bits per heavy atom. The molecule has 0 amide bonds. The molecule has 0 bridgehead atoms. The van der Waals surface area contributed by atoms with Crippen molar-refractivity contribution in [2.45, 2.75) is 254 Å². The van der Waals surface area contributed by atoms with Crippen LogP contribution in [0.25, 0.3) is 0 Å². The lowest BCUT2D eigenvalue weighted by molar-refractivity contribution is 0.0598. The minimum Gasteiger partial charge on any atom is -0.0970 e. The van der Waals surface area contributed by atoms with Crippen molar-refractivity contribution >= 4 is 16.1 Å². The Labute approximate surface area is 327 Å². The number of allylic oxidation sites excluding steroid dienone is 2. The van der Waals surface area contributed by atoms with E-state index in [9.17, 15) is 0 Å². The zero-order valence-electron chi connectivity index (χ0n) is 35.5. The molecule has 0 N–H and O–H groups in total. The molecule has 7 aliphatic carbocycles. The van der Waals surface area contributed by atoms with Crippen LogP contribution in [0.15, 0.2) is 23.6 Å². The Morgan fingerprint density at radius 1 is 0.269 bits per heavy atom. The fourth-order valence-corrected chi connectivity index (χ4v) is 31.2. The van der Waals surface area contributed by atoms with E-state index in [0.717, 1.165) is 68.8 Å². The van der Waals surface area contributed by atoms with Crippen molar-refractivity contribution in [3.05, 3.63) is 23.6 Å². The van der Waals surface area contributed by atoms with Crippen molar-refractivity contribution in [1.82, 2.24) is 0 Å². The monoisotopic (exact) mass is 745 g/mol. The van der Waals surface area contributed by atoms with Crippen molar-refractivity contribution in [2.24, 2.45) is 35.5 Å². The third kappa shape index (κ3) is 8.31. The SMILES string of the molecule is CC1C(C)C(C=C[Si](C2CCCCC2)(C2CCCCC2)C2CCCCC2)C(C)C(C)C1C=C[Si](C1CCCCC1)(C1CCCCC1)C1CCCCC1. The highest BCUT2D eigenvalue weighted by Gasteiger charge is 2.53. The van der Waals surface area contributed by atoms with Crippen LogP contribution in [0.5, 0.6) is 0 Å². The summed E-state index contributed by atoms with van der Waals surface area (Å²) in [7, 11) is -3.17. The maximum absolute atomic E-state index is 3.22. The highest BCUT2D eigenvalue weighted by molar-refractivity contribution is 6.89. The van der Waals surface area contributed by atoms with Crippen molar-refractivity contribution in [2.75, 3.05) is 0 Å². The zero-order chi connectivity index (χ0) is 36.0. The molecule has 296 valence electrons. The van der Waals surface area contributed by atoms with Crippen LogP contribution >= 0.6 is 0 Å². The molecule has 0 aromatic carbocycles. The summed E-state index contributed by atoms with van der Waals surface area (Å²) in [6.07, 6.45) is 52.8. The molecule has 7 saturated carbocycles. The van der Waals surface area contributed by atoms with Gasteiger partial charge >= 0.3 is 0 Å². The second-order valence-corrected chi connectivity index (χ2v) is 30.9. The molecule has 7 aliphatic rings. The molecule has 4 atom stereocenters. The maximum Gasteiger partial charge on any atom is 0.0866 e. The topological polar surface area (TPSA) is 0 Å². The van der Waals surface area contributed by atoms with E-state index in [-0.39, 0.29) is 0 Å². The second kappa shape index (κ2) is 18.9. The van der Waals surface area contributed by atoms with Gasteiger partial charge < -0.3 is 0 Å². The van der Waals surface area contributed by atoms with Crippen LogP contribution in [-0.2, 0) is 0 Å². The number of hydrogen-bond acceptors (Lipinski definition) is 0. The summed E-state index contributed by atoms with van der Waals surface area (Å²) in [6.45, 7) is 11.0. The molecule has 0 spiro atoms. The van der Waals surface area contributed by atoms with Gasteiger partial charge in [0.15, 0.2) is 0 Å². The first-order valence-electron chi connectivity index (χ1n) is 24.9. The van der Waals surface area contributed by atoms with Crippen molar-refractivity contribution in [3.63, 3.8) is 0 Å². The molecular weight excluding hydrogens is 657 g/mol. The van der Waals surface area contributed by atoms with Gasteiger partial charge in [-0.3, -0.25) is 0 Å². The van der Waals surface area contributed by atoms with Gasteiger partial charge in [0.2, 0.25) is 0 Å². The van der Waals surface area contributed by atoms with E-state index >= 15 is 0 Å². The lowest BCUT2D eigenvalue weighted by atomic mass is 9.59. The minimum absolute atomic E-state index is 0.786. The molecule has 0 saturated heterocycles. The van der Waals surface area contributed by atoms with E-state index < -0.39 is 16.1 Å². The molecule has 7 rings (SSSR count). The standard InChI is InChI=1S/C50H88Si2/c1-39-40(2)50(36-38-52(46-29-17-8-18-30-46,47-31-19-9-20-32-47)48-33-21-10-22-34-48)42(4)41(3)49(39)35-37-51(43-23-11-5-12-24-43,44-25-13-6-14-26-44)45-27-15-7-16-28-45/h35-50H,5-34H2,1-4H3. The predicted octanol–water partition coefficient (Wildman–Crippen LogP) is 16.9. The summed E-state index contributed by atoms with van der Waals surface area (Å²) >= 11 is 0. The summed E-state index contributed by atoms with van der Waals surface area (Å²) in [6, 6.07) is 0. The van der Waals surface area contributed by atoms with E-state index in [1.165, 1.54) is 38.5 Å². The van der Waals surface area contributed by atoms with E-state index in [1.54, 1.807) is 154 Å². The fraction of sp³-hybridized carbons (Fsp3) is 0.920. The fourth-order valence-electron chi connectivity index (χ4n) is 16.0. The van der Waals surface area contributed by atoms with E-state index in [0.29, 0.717) is 0 Å². The van der Waals surface area contributed by atoms with Crippen LogP contribution in [0.3, 0.4) is 0 Å². The second-order valence-electron chi connectivity index (χ2n) is 21.3. The summed E-state index contributed by atoms with van der Waals surface area (Å²) in [5.74, 6) is 4.81. The molecule has 0 heterocycles. The smallest absolute Gasteiger partial charge is 0.0866 e. The average molecular weight is 745 g/mol. The van der Waals surface area contributed by atoms with Gasteiger partial charge in [0.1, 0.15) is 0 Å². The summed E-state index contributed by atoms with van der Waals surface area (Å²) < 4.78 is 0. The minimum atomic E-state index is -1.58. The van der Waals surface area contributed by atoms with Crippen molar-refractivity contribution in [1.29, 1.82) is 0 Å². The molecular formula is C50H88Si2. The van der Waals surface area contributed by atoms with Crippen LogP contribution in [-0.4, -0.2) is 16.1 Å². The maximum atomic E-state index is 3.22. The zero-order valence-corrected chi connectivity index (χ0v) is 37.5. The normalized spacial score (nSPS) is 35.8. The molecule has 0 aromatic rings.